The lowest BCUT2D eigenvalue weighted by Crippen LogP contribution is -1.98. The van der Waals surface area contributed by atoms with Crippen LogP contribution >= 0.6 is 0 Å². The molecule has 98 valence electrons. The summed E-state index contributed by atoms with van der Waals surface area (Å²) in [6.45, 7) is 6.86. The highest BCUT2D eigenvalue weighted by Gasteiger charge is 1.97. The maximum absolute atomic E-state index is 5.70. The molecule has 0 heterocycles. The zero-order valence-electron chi connectivity index (χ0n) is 11.1. The van der Waals surface area contributed by atoms with Crippen LogP contribution in [0.3, 0.4) is 0 Å². The summed E-state index contributed by atoms with van der Waals surface area (Å²) in [6, 6.07) is 17.7. The lowest BCUT2D eigenvalue weighted by atomic mass is 10.2. The molecule has 2 rings (SSSR count). The Morgan fingerprint density at radius 1 is 0.895 bits per heavy atom. The highest BCUT2D eigenvalue weighted by Crippen LogP contribution is 2.19. The minimum Gasteiger partial charge on any atom is -0.489 e. The van der Waals surface area contributed by atoms with Gasteiger partial charge in [-0.05, 0) is 42.3 Å². The largest absolute Gasteiger partial charge is 0.489 e. The quantitative estimate of drug-likeness (QED) is 0.718. The van der Waals surface area contributed by atoms with Gasteiger partial charge in [-0.25, -0.2) is 0 Å². The van der Waals surface area contributed by atoms with Crippen molar-refractivity contribution in [1.82, 2.24) is 0 Å². The third kappa shape index (κ3) is 4.51. The average molecular weight is 254 g/mol. The van der Waals surface area contributed by atoms with Gasteiger partial charge in [0.1, 0.15) is 24.7 Å². The van der Waals surface area contributed by atoms with Gasteiger partial charge in [0.2, 0.25) is 0 Å². The fourth-order valence-corrected chi connectivity index (χ4v) is 1.58. The molecule has 2 heteroatoms. The van der Waals surface area contributed by atoms with Gasteiger partial charge in [-0.1, -0.05) is 36.9 Å². The number of ether oxygens (including phenoxy) is 2. The number of hydrogen-bond acceptors (Lipinski definition) is 2. The molecule has 0 unspecified atom stereocenters. The van der Waals surface area contributed by atoms with E-state index in [9.17, 15) is 0 Å². The van der Waals surface area contributed by atoms with E-state index in [1.54, 1.807) is 0 Å². The van der Waals surface area contributed by atoms with Crippen LogP contribution in [-0.2, 0) is 6.61 Å². The number of hydrogen-bond donors (Lipinski definition) is 0. The molecule has 0 radical (unpaired) electrons. The maximum atomic E-state index is 5.70. The van der Waals surface area contributed by atoms with Crippen molar-refractivity contribution in [1.29, 1.82) is 0 Å². The van der Waals surface area contributed by atoms with Crippen LogP contribution in [0.15, 0.2) is 66.7 Å². The Balaban J connectivity index is 1.86. The van der Waals surface area contributed by atoms with Crippen LogP contribution in [-0.4, -0.2) is 6.61 Å². The first-order valence-corrected chi connectivity index (χ1v) is 6.28. The minimum absolute atomic E-state index is 0.546. The van der Waals surface area contributed by atoms with Gasteiger partial charge in [-0.2, -0.15) is 0 Å². The Bertz CT molecular complexity index is 515. The Morgan fingerprint density at radius 2 is 1.47 bits per heavy atom. The van der Waals surface area contributed by atoms with E-state index in [1.807, 2.05) is 61.5 Å². The summed E-state index contributed by atoms with van der Waals surface area (Å²) >= 11 is 0. The van der Waals surface area contributed by atoms with Crippen molar-refractivity contribution >= 4 is 0 Å². The summed E-state index contributed by atoms with van der Waals surface area (Å²) in [6.07, 6.45) is 0. The second kappa shape index (κ2) is 6.64. The lowest BCUT2D eigenvalue weighted by Gasteiger charge is -2.08. The van der Waals surface area contributed by atoms with Crippen LogP contribution in [0.2, 0.25) is 0 Å². The number of benzene rings is 2. The third-order valence-corrected chi connectivity index (χ3v) is 2.56. The van der Waals surface area contributed by atoms with Crippen LogP contribution in [0.4, 0.5) is 0 Å². The Hall–Kier alpha value is -2.22. The topological polar surface area (TPSA) is 18.5 Å². The molecule has 2 aromatic carbocycles. The predicted molar refractivity (Wildman–Crippen MR) is 77.5 cm³/mol. The van der Waals surface area contributed by atoms with Crippen molar-refractivity contribution in [3.63, 3.8) is 0 Å². The average Bonchev–Trinajstić information content (AvgIpc) is 2.45. The summed E-state index contributed by atoms with van der Waals surface area (Å²) in [5.41, 5.74) is 2.16. The molecule has 0 aliphatic carbocycles. The van der Waals surface area contributed by atoms with Crippen molar-refractivity contribution in [2.75, 3.05) is 6.61 Å². The summed E-state index contributed by atoms with van der Waals surface area (Å²) in [5.74, 6) is 1.67. The van der Waals surface area contributed by atoms with Gasteiger partial charge >= 0.3 is 0 Å². The van der Waals surface area contributed by atoms with E-state index in [2.05, 4.69) is 6.58 Å². The summed E-state index contributed by atoms with van der Waals surface area (Å²) in [4.78, 5) is 0. The number of rotatable bonds is 6. The second-order valence-electron chi connectivity index (χ2n) is 4.49. The van der Waals surface area contributed by atoms with Crippen molar-refractivity contribution < 1.29 is 9.47 Å². The van der Waals surface area contributed by atoms with Gasteiger partial charge in [-0.15, -0.1) is 0 Å². The molecule has 0 bridgehead atoms. The van der Waals surface area contributed by atoms with Crippen LogP contribution in [0.1, 0.15) is 12.5 Å². The van der Waals surface area contributed by atoms with E-state index < -0.39 is 0 Å². The smallest absolute Gasteiger partial charge is 0.120 e. The minimum atomic E-state index is 0.546. The molecule has 0 N–H and O–H groups in total. The molecule has 0 spiro atoms. The molecule has 2 nitrogen and oxygen atoms in total. The molecule has 0 saturated heterocycles. The van der Waals surface area contributed by atoms with E-state index in [-0.39, 0.29) is 0 Å². The van der Waals surface area contributed by atoms with Crippen LogP contribution in [0.25, 0.3) is 0 Å². The molecule has 0 amide bonds. The predicted octanol–water partition coefficient (Wildman–Crippen LogP) is 4.22. The van der Waals surface area contributed by atoms with Gasteiger partial charge in [-0.3, -0.25) is 0 Å². The van der Waals surface area contributed by atoms with Crippen molar-refractivity contribution in [3.8, 4) is 11.5 Å². The maximum Gasteiger partial charge on any atom is 0.120 e. The molecule has 0 aliphatic rings. The van der Waals surface area contributed by atoms with Crippen LogP contribution < -0.4 is 9.47 Å². The highest BCUT2D eigenvalue weighted by atomic mass is 16.5. The monoisotopic (exact) mass is 254 g/mol. The molecule has 0 fully saturated rings. The van der Waals surface area contributed by atoms with Gasteiger partial charge in [0, 0.05) is 0 Å². The Kier molecular flexibility index (Phi) is 4.62. The van der Waals surface area contributed by atoms with Crippen molar-refractivity contribution in [3.05, 3.63) is 72.3 Å². The molecule has 0 saturated carbocycles. The van der Waals surface area contributed by atoms with Crippen molar-refractivity contribution in [2.45, 2.75) is 13.5 Å². The second-order valence-corrected chi connectivity index (χ2v) is 4.49. The van der Waals surface area contributed by atoms with E-state index in [4.69, 9.17) is 9.47 Å². The van der Waals surface area contributed by atoms with E-state index in [0.29, 0.717) is 13.2 Å². The van der Waals surface area contributed by atoms with Gasteiger partial charge in [0.15, 0.2) is 0 Å². The van der Waals surface area contributed by atoms with E-state index >= 15 is 0 Å². The zero-order valence-corrected chi connectivity index (χ0v) is 11.1. The lowest BCUT2D eigenvalue weighted by molar-refractivity contribution is 0.304. The molecular formula is C17H18O2. The third-order valence-electron chi connectivity index (χ3n) is 2.56. The Labute approximate surface area is 114 Å². The van der Waals surface area contributed by atoms with Gasteiger partial charge < -0.3 is 9.47 Å². The molecule has 0 aromatic heterocycles. The fourth-order valence-electron chi connectivity index (χ4n) is 1.58. The summed E-state index contributed by atoms with van der Waals surface area (Å²) < 4.78 is 11.2. The van der Waals surface area contributed by atoms with Crippen LogP contribution in [0.5, 0.6) is 11.5 Å². The molecule has 19 heavy (non-hydrogen) atoms. The molecule has 0 atom stereocenters. The first kappa shape index (κ1) is 13.2. The normalized spacial score (nSPS) is 9.95. The SMILES string of the molecule is C=C(C)COc1ccc(OCc2ccccc2)cc1. The first-order chi connectivity index (χ1) is 9.24. The Morgan fingerprint density at radius 3 is 2.05 bits per heavy atom. The van der Waals surface area contributed by atoms with E-state index in [0.717, 1.165) is 22.6 Å². The highest BCUT2D eigenvalue weighted by molar-refractivity contribution is 5.31. The standard InChI is InChI=1S/C17H18O2/c1-14(2)12-18-16-8-10-17(11-9-16)19-13-15-6-4-3-5-7-15/h3-11H,1,12-13H2,2H3. The van der Waals surface area contributed by atoms with E-state index in [1.165, 1.54) is 0 Å². The van der Waals surface area contributed by atoms with Gasteiger partial charge in [0.05, 0.1) is 0 Å². The van der Waals surface area contributed by atoms with Crippen molar-refractivity contribution in [2.24, 2.45) is 0 Å². The summed E-state index contributed by atoms with van der Waals surface area (Å²) in [5, 5.41) is 0. The molecule has 0 aliphatic heterocycles. The van der Waals surface area contributed by atoms with Gasteiger partial charge in [0.25, 0.3) is 0 Å². The molecular weight excluding hydrogens is 236 g/mol. The zero-order chi connectivity index (χ0) is 13.5. The molecule has 2 aromatic rings. The fraction of sp³-hybridized carbons (Fsp3) is 0.176. The summed E-state index contributed by atoms with van der Waals surface area (Å²) in [7, 11) is 0. The van der Waals surface area contributed by atoms with Crippen LogP contribution in [0, 0.1) is 0 Å². The first-order valence-electron chi connectivity index (χ1n) is 6.28.